The topological polar surface area (TPSA) is 52.9 Å². The minimum absolute atomic E-state index is 0.0359. The predicted octanol–water partition coefficient (Wildman–Crippen LogP) is 4.13. The maximum absolute atomic E-state index is 12.8. The molecule has 0 fully saturated rings. The van der Waals surface area contributed by atoms with Crippen molar-refractivity contribution in [3.8, 4) is 6.07 Å². The molecule has 1 amide bonds. The summed E-state index contributed by atoms with van der Waals surface area (Å²) in [4.78, 5) is 12.0. The lowest BCUT2D eigenvalue weighted by Crippen LogP contribution is -2.13. The van der Waals surface area contributed by atoms with E-state index in [9.17, 15) is 9.18 Å². The zero-order valence-electron chi connectivity index (χ0n) is 10.8. The second kappa shape index (κ2) is 6.82. The van der Waals surface area contributed by atoms with Crippen LogP contribution >= 0.6 is 15.9 Å². The summed E-state index contributed by atoms with van der Waals surface area (Å²) in [5.74, 6) is -0.933. The molecule has 21 heavy (non-hydrogen) atoms. The Morgan fingerprint density at radius 1 is 1.19 bits per heavy atom. The summed E-state index contributed by atoms with van der Waals surface area (Å²) in [7, 11) is 0. The molecular weight excluding hydrogens is 335 g/mol. The Kier molecular flexibility index (Phi) is 4.85. The van der Waals surface area contributed by atoms with E-state index in [4.69, 9.17) is 5.26 Å². The number of benzene rings is 2. The Morgan fingerprint density at radius 2 is 1.86 bits per heavy atom. The van der Waals surface area contributed by atoms with Gasteiger partial charge in [-0.05, 0) is 42.0 Å². The summed E-state index contributed by atoms with van der Waals surface area (Å²) in [5, 5.41) is 11.7. The number of nitriles is 1. The van der Waals surface area contributed by atoms with Crippen LogP contribution in [0.15, 0.2) is 58.6 Å². The fourth-order valence-corrected chi connectivity index (χ4v) is 2.03. The van der Waals surface area contributed by atoms with Gasteiger partial charge in [-0.3, -0.25) is 4.79 Å². The van der Waals surface area contributed by atoms with E-state index in [1.807, 2.05) is 24.3 Å². The highest BCUT2D eigenvalue weighted by Gasteiger charge is 2.10. The fraction of sp³-hybridized carbons (Fsp3) is 0. The molecule has 0 radical (unpaired) electrons. The molecule has 1 N–H and O–H groups in total. The highest BCUT2D eigenvalue weighted by Crippen LogP contribution is 2.19. The molecule has 0 aliphatic rings. The molecule has 0 heterocycles. The molecule has 3 nitrogen and oxygen atoms in total. The largest absolute Gasteiger partial charge is 0.321 e. The van der Waals surface area contributed by atoms with Gasteiger partial charge in [-0.2, -0.15) is 5.26 Å². The van der Waals surface area contributed by atoms with Gasteiger partial charge >= 0.3 is 0 Å². The number of anilines is 1. The summed E-state index contributed by atoms with van der Waals surface area (Å²) < 4.78 is 13.6. The number of hydrogen-bond acceptors (Lipinski definition) is 2. The van der Waals surface area contributed by atoms with E-state index in [0.29, 0.717) is 5.69 Å². The van der Waals surface area contributed by atoms with E-state index in [-0.39, 0.29) is 5.57 Å². The maximum Gasteiger partial charge on any atom is 0.266 e. The van der Waals surface area contributed by atoms with Crippen LogP contribution < -0.4 is 5.32 Å². The summed E-state index contributed by atoms with van der Waals surface area (Å²) in [6.45, 7) is 0. The molecule has 2 aromatic rings. The molecule has 0 aliphatic carbocycles. The van der Waals surface area contributed by atoms with E-state index in [1.54, 1.807) is 6.07 Å². The summed E-state index contributed by atoms with van der Waals surface area (Å²) in [5.41, 5.74) is 1.12. The third-order valence-corrected chi connectivity index (χ3v) is 3.39. The lowest BCUT2D eigenvalue weighted by Gasteiger charge is -2.04. The molecular formula is C16H10BrFN2O. The van der Waals surface area contributed by atoms with Crippen molar-refractivity contribution < 1.29 is 9.18 Å². The minimum atomic E-state index is -0.542. The smallest absolute Gasteiger partial charge is 0.266 e. The molecule has 0 aromatic heterocycles. The van der Waals surface area contributed by atoms with Crippen LogP contribution in [-0.4, -0.2) is 5.91 Å². The van der Waals surface area contributed by atoms with Crippen molar-refractivity contribution in [3.63, 3.8) is 0 Å². The predicted molar refractivity (Wildman–Crippen MR) is 82.8 cm³/mol. The first-order chi connectivity index (χ1) is 10.1. The third-order valence-electron chi connectivity index (χ3n) is 2.67. The van der Waals surface area contributed by atoms with Crippen molar-refractivity contribution in [2.75, 3.05) is 5.32 Å². The first-order valence-corrected chi connectivity index (χ1v) is 6.82. The molecule has 0 saturated heterocycles. The zero-order chi connectivity index (χ0) is 15.2. The Bertz CT molecular complexity index is 733. The number of carbonyl (C=O) groups is 1. The molecule has 0 aliphatic heterocycles. The fourth-order valence-electron chi connectivity index (χ4n) is 1.63. The van der Waals surface area contributed by atoms with E-state index in [2.05, 4.69) is 21.2 Å². The molecule has 0 saturated carbocycles. The number of nitrogens with zero attached hydrogens (tertiary/aromatic N) is 1. The van der Waals surface area contributed by atoms with Crippen molar-refractivity contribution in [2.24, 2.45) is 0 Å². The maximum atomic E-state index is 12.8. The van der Waals surface area contributed by atoms with Crippen molar-refractivity contribution >= 4 is 33.6 Å². The quantitative estimate of drug-likeness (QED) is 0.672. The highest BCUT2D eigenvalue weighted by molar-refractivity contribution is 9.10. The second-order valence-corrected chi connectivity index (χ2v) is 5.01. The number of rotatable bonds is 3. The molecule has 0 bridgehead atoms. The van der Waals surface area contributed by atoms with Crippen LogP contribution in [0.25, 0.3) is 6.08 Å². The lowest BCUT2D eigenvalue weighted by atomic mass is 10.1. The van der Waals surface area contributed by atoms with Crippen LogP contribution in [0.5, 0.6) is 0 Å². The monoisotopic (exact) mass is 344 g/mol. The molecule has 104 valence electrons. The Labute approximate surface area is 129 Å². The number of halogens is 2. The van der Waals surface area contributed by atoms with Crippen molar-refractivity contribution in [3.05, 3.63) is 70.0 Å². The van der Waals surface area contributed by atoms with Crippen molar-refractivity contribution in [2.45, 2.75) is 0 Å². The number of hydrogen-bond donors (Lipinski definition) is 1. The van der Waals surface area contributed by atoms with E-state index >= 15 is 0 Å². The lowest BCUT2D eigenvalue weighted by molar-refractivity contribution is -0.112. The minimum Gasteiger partial charge on any atom is -0.321 e. The Balaban J connectivity index is 2.22. The van der Waals surface area contributed by atoms with Crippen LogP contribution in [0.3, 0.4) is 0 Å². The Hall–Kier alpha value is -2.45. The second-order valence-electron chi connectivity index (χ2n) is 4.15. The van der Waals surface area contributed by atoms with E-state index in [1.165, 1.54) is 30.3 Å². The third kappa shape index (κ3) is 4.01. The molecule has 5 heteroatoms. The molecule has 2 aromatic carbocycles. The molecule has 0 spiro atoms. The highest BCUT2D eigenvalue weighted by atomic mass is 79.9. The van der Waals surface area contributed by atoms with Crippen LogP contribution in [-0.2, 0) is 4.79 Å². The normalized spacial score (nSPS) is 10.8. The molecule has 0 atom stereocenters. The summed E-state index contributed by atoms with van der Waals surface area (Å²) in [6, 6.07) is 14.4. The first-order valence-electron chi connectivity index (χ1n) is 6.03. The number of nitrogens with one attached hydrogen (secondary N) is 1. The Morgan fingerprint density at radius 3 is 2.48 bits per heavy atom. The van der Waals surface area contributed by atoms with Gasteiger partial charge in [0.05, 0.1) is 0 Å². The van der Waals surface area contributed by atoms with Gasteiger partial charge in [0.1, 0.15) is 17.5 Å². The summed E-state index contributed by atoms with van der Waals surface area (Å²) in [6.07, 6.45) is 1.49. The van der Waals surface area contributed by atoms with E-state index < -0.39 is 11.7 Å². The number of amides is 1. The van der Waals surface area contributed by atoms with Gasteiger partial charge in [-0.25, -0.2) is 4.39 Å². The van der Waals surface area contributed by atoms with E-state index in [0.717, 1.165) is 10.0 Å². The zero-order valence-corrected chi connectivity index (χ0v) is 12.4. The van der Waals surface area contributed by atoms with Crippen LogP contribution in [0, 0.1) is 17.1 Å². The average molecular weight is 345 g/mol. The van der Waals surface area contributed by atoms with Gasteiger partial charge in [-0.1, -0.05) is 34.1 Å². The molecule has 2 rings (SSSR count). The van der Waals surface area contributed by atoms with Crippen molar-refractivity contribution in [1.82, 2.24) is 0 Å². The van der Waals surface area contributed by atoms with Crippen LogP contribution in [0.2, 0.25) is 0 Å². The average Bonchev–Trinajstić information content (AvgIpc) is 2.48. The van der Waals surface area contributed by atoms with Gasteiger partial charge in [0.2, 0.25) is 0 Å². The van der Waals surface area contributed by atoms with Crippen molar-refractivity contribution in [1.29, 1.82) is 5.26 Å². The van der Waals surface area contributed by atoms with Gasteiger partial charge < -0.3 is 5.32 Å². The SMILES string of the molecule is N#C/C(=C\c1ccccc1Br)C(=O)Nc1ccc(F)cc1. The first kappa shape index (κ1) is 14.9. The summed E-state index contributed by atoms with van der Waals surface area (Å²) >= 11 is 3.35. The molecule has 0 unspecified atom stereocenters. The van der Waals surface area contributed by atoms with Gasteiger partial charge in [0, 0.05) is 10.2 Å². The standard InChI is InChI=1S/C16H10BrFN2O/c17-15-4-2-1-3-11(15)9-12(10-19)16(21)20-14-7-5-13(18)6-8-14/h1-9H,(H,20,21)/b12-9+. The van der Waals surface area contributed by atoms with Gasteiger partial charge in [-0.15, -0.1) is 0 Å². The van der Waals surface area contributed by atoms with Crippen LogP contribution in [0.4, 0.5) is 10.1 Å². The van der Waals surface area contributed by atoms with Gasteiger partial charge in [0.15, 0.2) is 0 Å². The van der Waals surface area contributed by atoms with Gasteiger partial charge in [0.25, 0.3) is 5.91 Å². The number of carbonyl (C=O) groups excluding carboxylic acids is 1. The van der Waals surface area contributed by atoms with Crippen LogP contribution in [0.1, 0.15) is 5.56 Å².